The van der Waals surface area contributed by atoms with Crippen LogP contribution >= 0.6 is 11.6 Å². The maximum absolute atomic E-state index is 11.4. The average Bonchev–Trinajstić information content (AvgIpc) is 2.29. The number of hydrogen-bond acceptors (Lipinski definition) is 3. The first-order valence-corrected chi connectivity index (χ1v) is 7.43. The Morgan fingerprint density at radius 1 is 1.05 bits per heavy atom. The molecule has 0 unspecified atom stereocenters. The van der Waals surface area contributed by atoms with Crippen LogP contribution in [-0.2, 0) is 14.3 Å². The fourth-order valence-corrected chi connectivity index (χ4v) is 1.69. The van der Waals surface area contributed by atoms with E-state index in [0.717, 1.165) is 32.1 Å². The molecule has 0 fully saturated rings. The van der Waals surface area contributed by atoms with Gasteiger partial charge in [0.1, 0.15) is 11.5 Å². The standard InChI is InChI=1S/C14H26ClNO3/c1-14(2,3)19-13(18)9-7-5-4-6-8-10-16-12(17)11-15/h4-11H2,1-3H3,(H,16,17). The van der Waals surface area contributed by atoms with Gasteiger partial charge in [-0.25, -0.2) is 0 Å². The Morgan fingerprint density at radius 2 is 1.63 bits per heavy atom. The van der Waals surface area contributed by atoms with Crippen LogP contribution in [0.15, 0.2) is 0 Å². The molecule has 0 atom stereocenters. The van der Waals surface area contributed by atoms with Crippen molar-refractivity contribution < 1.29 is 14.3 Å². The zero-order valence-electron chi connectivity index (χ0n) is 12.3. The van der Waals surface area contributed by atoms with E-state index in [9.17, 15) is 9.59 Å². The molecule has 1 amide bonds. The molecule has 0 rings (SSSR count). The summed E-state index contributed by atoms with van der Waals surface area (Å²) in [4.78, 5) is 22.3. The van der Waals surface area contributed by atoms with Gasteiger partial charge >= 0.3 is 5.97 Å². The lowest BCUT2D eigenvalue weighted by molar-refractivity contribution is -0.154. The highest BCUT2D eigenvalue weighted by Crippen LogP contribution is 2.11. The summed E-state index contributed by atoms with van der Waals surface area (Å²) >= 11 is 5.35. The highest BCUT2D eigenvalue weighted by Gasteiger charge is 2.15. The number of rotatable bonds is 9. The van der Waals surface area contributed by atoms with Gasteiger partial charge in [0.25, 0.3) is 0 Å². The van der Waals surface area contributed by atoms with Crippen LogP contribution in [-0.4, -0.2) is 29.9 Å². The van der Waals surface area contributed by atoms with Crippen molar-refractivity contribution in [1.82, 2.24) is 5.32 Å². The summed E-state index contributed by atoms with van der Waals surface area (Å²) in [6.45, 7) is 6.30. The lowest BCUT2D eigenvalue weighted by atomic mass is 10.1. The Bertz CT molecular complexity index is 274. The van der Waals surface area contributed by atoms with Crippen LogP contribution in [0, 0.1) is 0 Å². The fraction of sp³-hybridized carbons (Fsp3) is 0.857. The predicted octanol–water partition coefficient (Wildman–Crippen LogP) is 3.02. The smallest absolute Gasteiger partial charge is 0.306 e. The van der Waals surface area contributed by atoms with Crippen molar-refractivity contribution in [3.63, 3.8) is 0 Å². The van der Waals surface area contributed by atoms with E-state index in [2.05, 4.69) is 5.32 Å². The van der Waals surface area contributed by atoms with Gasteiger partial charge in [-0.05, 0) is 33.6 Å². The third kappa shape index (κ3) is 13.5. The molecule has 112 valence electrons. The van der Waals surface area contributed by atoms with Crippen LogP contribution in [0.2, 0.25) is 0 Å². The monoisotopic (exact) mass is 291 g/mol. The number of amides is 1. The quantitative estimate of drug-likeness (QED) is 0.404. The summed E-state index contributed by atoms with van der Waals surface area (Å²) in [5, 5.41) is 2.72. The molecule has 0 spiro atoms. The number of halogens is 1. The molecular formula is C14H26ClNO3. The predicted molar refractivity (Wildman–Crippen MR) is 77.3 cm³/mol. The molecular weight excluding hydrogens is 266 g/mol. The Labute approximate surface area is 121 Å². The molecule has 0 radical (unpaired) electrons. The molecule has 0 aromatic rings. The van der Waals surface area contributed by atoms with Crippen LogP contribution in [0.4, 0.5) is 0 Å². The van der Waals surface area contributed by atoms with Crippen molar-refractivity contribution in [1.29, 1.82) is 0 Å². The second-order valence-electron chi connectivity index (χ2n) is 5.59. The summed E-state index contributed by atoms with van der Waals surface area (Å²) in [7, 11) is 0. The molecule has 0 aliphatic rings. The molecule has 0 heterocycles. The van der Waals surface area contributed by atoms with Gasteiger partial charge in [0, 0.05) is 13.0 Å². The summed E-state index contributed by atoms with van der Waals surface area (Å²) in [5.74, 6) is -0.218. The van der Waals surface area contributed by atoms with E-state index >= 15 is 0 Å². The maximum Gasteiger partial charge on any atom is 0.306 e. The zero-order chi connectivity index (χ0) is 14.7. The van der Waals surface area contributed by atoms with E-state index in [1.807, 2.05) is 20.8 Å². The number of esters is 1. The SMILES string of the molecule is CC(C)(C)OC(=O)CCCCCCCNC(=O)CCl. The van der Waals surface area contributed by atoms with Crippen molar-refractivity contribution in [2.75, 3.05) is 12.4 Å². The Kier molecular flexibility index (Phi) is 9.66. The maximum atomic E-state index is 11.4. The van der Waals surface area contributed by atoms with Gasteiger partial charge in [-0.3, -0.25) is 9.59 Å². The summed E-state index contributed by atoms with van der Waals surface area (Å²) < 4.78 is 5.22. The summed E-state index contributed by atoms with van der Waals surface area (Å²) in [6.07, 6.45) is 5.44. The van der Waals surface area contributed by atoms with Crippen molar-refractivity contribution in [2.24, 2.45) is 0 Å². The zero-order valence-corrected chi connectivity index (χ0v) is 13.0. The first kappa shape index (κ1) is 18.2. The lowest BCUT2D eigenvalue weighted by Crippen LogP contribution is -2.25. The molecule has 0 aliphatic heterocycles. The largest absolute Gasteiger partial charge is 0.460 e. The number of hydrogen-bond donors (Lipinski definition) is 1. The third-order valence-corrected chi connectivity index (χ3v) is 2.66. The number of carbonyl (C=O) groups is 2. The Balaban J connectivity index is 3.32. The molecule has 0 aromatic heterocycles. The average molecular weight is 292 g/mol. The lowest BCUT2D eigenvalue weighted by Gasteiger charge is -2.19. The normalized spacial score (nSPS) is 11.2. The van der Waals surface area contributed by atoms with Gasteiger partial charge in [0.15, 0.2) is 0 Å². The van der Waals surface area contributed by atoms with Crippen molar-refractivity contribution in [3.8, 4) is 0 Å². The van der Waals surface area contributed by atoms with Crippen LogP contribution in [0.5, 0.6) is 0 Å². The Hall–Kier alpha value is -0.770. The Morgan fingerprint density at radius 3 is 2.21 bits per heavy atom. The van der Waals surface area contributed by atoms with Gasteiger partial charge < -0.3 is 10.1 Å². The third-order valence-electron chi connectivity index (χ3n) is 2.42. The molecule has 0 saturated carbocycles. The topological polar surface area (TPSA) is 55.4 Å². The highest BCUT2D eigenvalue weighted by molar-refractivity contribution is 6.27. The van der Waals surface area contributed by atoms with Crippen LogP contribution in [0.1, 0.15) is 59.3 Å². The molecule has 4 nitrogen and oxygen atoms in total. The van der Waals surface area contributed by atoms with Gasteiger partial charge in [-0.1, -0.05) is 19.3 Å². The van der Waals surface area contributed by atoms with Gasteiger partial charge in [-0.15, -0.1) is 11.6 Å². The van der Waals surface area contributed by atoms with Crippen LogP contribution < -0.4 is 5.32 Å². The first-order valence-electron chi connectivity index (χ1n) is 6.89. The van der Waals surface area contributed by atoms with Crippen molar-refractivity contribution >= 4 is 23.5 Å². The molecule has 0 aromatic carbocycles. The van der Waals surface area contributed by atoms with Crippen molar-refractivity contribution in [3.05, 3.63) is 0 Å². The van der Waals surface area contributed by atoms with E-state index in [1.54, 1.807) is 0 Å². The number of carbonyl (C=O) groups excluding carboxylic acids is 2. The summed E-state index contributed by atoms with van der Waals surface area (Å²) in [5.41, 5.74) is -0.391. The van der Waals surface area contributed by atoms with Crippen LogP contribution in [0.3, 0.4) is 0 Å². The van der Waals surface area contributed by atoms with E-state index < -0.39 is 5.60 Å². The van der Waals surface area contributed by atoms with Gasteiger partial charge in [-0.2, -0.15) is 0 Å². The first-order chi connectivity index (χ1) is 8.85. The van der Waals surface area contributed by atoms with E-state index in [0.29, 0.717) is 13.0 Å². The molecule has 5 heteroatoms. The second-order valence-corrected chi connectivity index (χ2v) is 5.86. The number of ether oxygens (including phenoxy) is 1. The van der Waals surface area contributed by atoms with Gasteiger partial charge in [0.2, 0.25) is 5.91 Å². The van der Waals surface area contributed by atoms with Gasteiger partial charge in [0.05, 0.1) is 0 Å². The number of alkyl halides is 1. The second kappa shape index (κ2) is 10.1. The molecule has 0 saturated heterocycles. The van der Waals surface area contributed by atoms with E-state index in [4.69, 9.17) is 16.3 Å². The highest BCUT2D eigenvalue weighted by atomic mass is 35.5. The molecule has 0 aliphatic carbocycles. The molecule has 19 heavy (non-hydrogen) atoms. The van der Waals surface area contributed by atoms with E-state index in [-0.39, 0.29) is 17.8 Å². The molecule has 0 bridgehead atoms. The minimum atomic E-state index is -0.391. The minimum absolute atomic E-state index is 0.0237. The summed E-state index contributed by atoms with van der Waals surface area (Å²) in [6, 6.07) is 0. The van der Waals surface area contributed by atoms with Crippen molar-refractivity contribution in [2.45, 2.75) is 64.9 Å². The minimum Gasteiger partial charge on any atom is -0.460 e. The number of unbranched alkanes of at least 4 members (excludes halogenated alkanes) is 4. The van der Waals surface area contributed by atoms with E-state index in [1.165, 1.54) is 0 Å². The molecule has 1 N–H and O–H groups in total. The fourth-order valence-electron chi connectivity index (χ4n) is 1.59. The van der Waals surface area contributed by atoms with Crippen LogP contribution in [0.25, 0.3) is 0 Å². The number of nitrogens with one attached hydrogen (secondary N) is 1.